The summed E-state index contributed by atoms with van der Waals surface area (Å²) >= 11 is 9.52. The number of benzene rings is 1. The van der Waals surface area contributed by atoms with Crippen molar-refractivity contribution in [2.24, 2.45) is 0 Å². The Morgan fingerprint density at radius 2 is 2.00 bits per heavy atom. The van der Waals surface area contributed by atoms with Crippen LogP contribution in [0.3, 0.4) is 0 Å². The quantitative estimate of drug-likeness (QED) is 0.684. The number of nitrogens with zero attached hydrogens (tertiary/aromatic N) is 3. The van der Waals surface area contributed by atoms with Gasteiger partial charge in [0.05, 0.1) is 16.1 Å². The molecule has 5 heteroatoms. The lowest BCUT2D eigenvalue weighted by atomic mass is 10.3. The van der Waals surface area contributed by atoms with Gasteiger partial charge in [-0.15, -0.1) is 0 Å². The minimum atomic E-state index is 0.586. The van der Waals surface area contributed by atoms with Gasteiger partial charge in [0.15, 0.2) is 5.82 Å². The molecule has 0 aliphatic rings. The van der Waals surface area contributed by atoms with Gasteiger partial charge in [-0.25, -0.2) is 9.97 Å². The SMILES string of the molecule is Clc1cc(Br)cnc1-n1cnc2ccccc21. The first-order chi connectivity index (χ1) is 8.25. The second-order valence-corrected chi connectivity index (χ2v) is 4.89. The van der Waals surface area contributed by atoms with E-state index in [0.29, 0.717) is 10.8 Å². The molecule has 0 N–H and O–H groups in total. The van der Waals surface area contributed by atoms with Crippen molar-refractivity contribution in [1.29, 1.82) is 0 Å². The Labute approximate surface area is 111 Å². The molecule has 1 aromatic carbocycles. The number of para-hydroxylation sites is 2. The fraction of sp³-hybridized carbons (Fsp3) is 0. The van der Waals surface area contributed by atoms with E-state index in [4.69, 9.17) is 11.6 Å². The Morgan fingerprint density at radius 1 is 1.18 bits per heavy atom. The van der Waals surface area contributed by atoms with Crippen LogP contribution in [0.1, 0.15) is 0 Å². The average Bonchev–Trinajstić information content (AvgIpc) is 2.73. The lowest BCUT2D eigenvalue weighted by Crippen LogP contribution is -1.96. The number of fused-ring (bicyclic) bond motifs is 1. The minimum absolute atomic E-state index is 0.586. The van der Waals surface area contributed by atoms with E-state index in [1.807, 2.05) is 34.9 Å². The van der Waals surface area contributed by atoms with E-state index >= 15 is 0 Å². The van der Waals surface area contributed by atoms with Gasteiger partial charge in [0.25, 0.3) is 0 Å². The van der Waals surface area contributed by atoms with Crippen molar-refractivity contribution in [3.63, 3.8) is 0 Å². The van der Waals surface area contributed by atoms with E-state index < -0.39 is 0 Å². The molecule has 0 saturated heterocycles. The van der Waals surface area contributed by atoms with E-state index in [0.717, 1.165) is 15.5 Å². The maximum absolute atomic E-state index is 6.18. The number of aromatic nitrogens is 3. The molecule has 0 aliphatic carbocycles. The number of pyridine rings is 1. The molecular formula is C12H7BrClN3. The fourth-order valence-electron chi connectivity index (χ4n) is 1.71. The topological polar surface area (TPSA) is 30.7 Å². The molecule has 0 atom stereocenters. The number of halogens is 2. The predicted molar refractivity (Wildman–Crippen MR) is 71.6 cm³/mol. The first kappa shape index (κ1) is 10.7. The Bertz CT molecular complexity index is 693. The summed E-state index contributed by atoms with van der Waals surface area (Å²) in [6, 6.07) is 9.68. The summed E-state index contributed by atoms with van der Waals surface area (Å²) in [6.07, 6.45) is 3.45. The van der Waals surface area contributed by atoms with Gasteiger partial charge in [0.2, 0.25) is 0 Å². The summed E-state index contributed by atoms with van der Waals surface area (Å²) in [5.74, 6) is 0.684. The Balaban J connectivity index is 2.27. The molecule has 2 heterocycles. The molecule has 0 radical (unpaired) electrons. The second-order valence-electron chi connectivity index (χ2n) is 3.56. The van der Waals surface area contributed by atoms with E-state index in [1.54, 1.807) is 12.5 Å². The third-order valence-electron chi connectivity index (χ3n) is 2.47. The molecule has 0 spiro atoms. The molecule has 3 nitrogen and oxygen atoms in total. The van der Waals surface area contributed by atoms with Gasteiger partial charge < -0.3 is 0 Å². The van der Waals surface area contributed by atoms with Crippen LogP contribution in [0.4, 0.5) is 0 Å². The van der Waals surface area contributed by atoms with Crippen LogP contribution >= 0.6 is 27.5 Å². The van der Waals surface area contributed by atoms with E-state index in [9.17, 15) is 0 Å². The molecule has 3 rings (SSSR count). The normalized spacial score (nSPS) is 10.9. The van der Waals surface area contributed by atoms with Crippen LogP contribution in [0, 0.1) is 0 Å². The summed E-state index contributed by atoms with van der Waals surface area (Å²) in [7, 11) is 0. The van der Waals surface area contributed by atoms with Gasteiger partial charge in [-0.05, 0) is 34.1 Å². The number of hydrogen-bond donors (Lipinski definition) is 0. The van der Waals surface area contributed by atoms with Gasteiger partial charge in [-0.1, -0.05) is 23.7 Å². The highest BCUT2D eigenvalue weighted by atomic mass is 79.9. The zero-order valence-corrected chi connectivity index (χ0v) is 11.0. The van der Waals surface area contributed by atoms with Crippen LogP contribution in [-0.4, -0.2) is 14.5 Å². The summed E-state index contributed by atoms with van der Waals surface area (Å²) in [5.41, 5.74) is 1.91. The first-order valence-corrected chi connectivity index (χ1v) is 6.16. The predicted octanol–water partition coefficient (Wildman–Crippen LogP) is 3.84. The van der Waals surface area contributed by atoms with Crippen LogP contribution in [0.15, 0.2) is 47.3 Å². The van der Waals surface area contributed by atoms with Crippen molar-refractivity contribution in [1.82, 2.24) is 14.5 Å². The molecule has 0 bridgehead atoms. The van der Waals surface area contributed by atoms with Crippen LogP contribution in [0.25, 0.3) is 16.9 Å². The maximum Gasteiger partial charge on any atom is 0.157 e. The summed E-state index contributed by atoms with van der Waals surface area (Å²) in [5, 5.41) is 0.586. The Kier molecular flexibility index (Phi) is 2.61. The molecular weight excluding hydrogens is 302 g/mol. The van der Waals surface area contributed by atoms with Crippen molar-refractivity contribution in [3.8, 4) is 5.82 Å². The third kappa shape index (κ3) is 1.83. The van der Waals surface area contributed by atoms with Gasteiger partial charge in [0, 0.05) is 10.7 Å². The number of rotatable bonds is 1. The maximum atomic E-state index is 6.18. The molecule has 17 heavy (non-hydrogen) atoms. The van der Waals surface area contributed by atoms with E-state index in [-0.39, 0.29) is 0 Å². The highest BCUT2D eigenvalue weighted by Crippen LogP contribution is 2.25. The summed E-state index contributed by atoms with van der Waals surface area (Å²) in [6.45, 7) is 0. The lowest BCUT2D eigenvalue weighted by molar-refractivity contribution is 1.02. The molecule has 3 aromatic rings. The van der Waals surface area contributed by atoms with Gasteiger partial charge in [0.1, 0.15) is 6.33 Å². The first-order valence-electron chi connectivity index (χ1n) is 4.99. The largest absolute Gasteiger partial charge is 0.282 e. The molecule has 0 saturated carbocycles. The summed E-state index contributed by atoms with van der Waals surface area (Å²) < 4.78 is 2.74. The van der Waals surface area contributed by atoms with Crippen molar-refractivity contribution in [3.05, 3.63) is 52.4 Å². The van der Waals surface area contributed by atoms with E-state index in [1.165, 1.54) is 0 Å². The molecule has 84 valence electrons. The van der Waals surface area contributed by atoms with Crippen LogP contribution in [0.2, 0.25) is 5.02 Å². The average molecular weight is 309 g/mol. The number of hydrogen-bond acceptors (Lipinski definition) is 2. The van der Waals surface area contributed by atoms with Gasteiger partial charge in [-0.2, -0.15) is 0 Å². The summed E-state index contributed by atoms with van der Waals surface area (Å²) in [4.78, 5) is 8.63. The molecule has 0 fully saturated rings. The smallest absolute Gasteiger partial charge is 0.157 e. The van der Waals surface area contributed by atoms with Crippen LogP contribution in [-0.2, 0) is 0 Å². The zero-order chi connectivity index (χ0) is 11.8. The highest BCUT2D eigenvalue weighted by Gasteiger charge is 2.08. The van der Waals surface area contributed by atoms with Gasteiger partial charge >= 0.3 is 0 Å². The van der Waals surface area contributed by atoms with Crippen molar-refractivity contribution < 1.29 is 0 Å². The molecule has 0 amide bonds. The molecule has 0 aliphatic heterocycles. The zero-order valence-electron chi connectivity index (χ0n) is 8.64. The standard InChI is InChI=1S/C12H7BrClN3/c13-8-5-9(14)12(15-6-8)17-7-16-10-3-1-2-4-11(10)17/h1-7H. The number of imidazole rings is 1. The van der Waals surface area contributed by atoms with Crippen molar-refractivity contribution in [2.75, 3.05) is 0 Å². The molecule has 0 unspecified atom stereocenters. The Morgan fingerprint density at radius 3 is 2.82 bits per heavy atom. The Hall–Kier alpha value is -1.39. The monoisotopic (exact) mass is 307 g/mol. The van der Waals surface area contributed by atoms with Crippen molar-refractivity contribution >= 4 is 38.6 Å². The van der Waals surface area contributed by atoms with Crippen LogP contribution in [0.5, 0.6) is 0 Å². The minimum Gasteiger partial charge on any atom is -0.282 e. The fourth-order valence-corrected chi connectivity index (χ4v) is 2.43. The lowest BCUT2D eigenvalue weighted by Gasteiger charge is -2.05. The van der Waals surface area contributed by atoms with Crippen LogP contribution < -0.4 is 0 Å². The second kappa shape index (κ2) is 4.13. The molecule has 2 aromatic heterocycles. The highest BCUT2D eigenvalue weighted by molar-refractivity contribution is 9.10. The van der Waals surface area contributed by atoms with E-state index in [2.05, 4.69) is 25.9 Å². The van der Waals surface area contributed by atoms with Gasteiger partial charge in [-0.3, -0.25) is 4.57 Å². The van der Waals surface area contributed by atoms with Crippen molar-refractivity contribution in [2.45, 2.75) is 0 Å². The third-order valence-corrected chi connectivity index (χ3v) is 3.18.